The maximum absolute atomic E-state index is 11.1. The molecule has 1 aromatic rings. The highest BCUT2D eigenvalue weighted by Gasteiger charge is 2.12. The largest absolute Gasteiger partial charge is 0.497 e. The molecule has 6 N–H and O–H groups in total. The molecule has 1 unspecified atom stereocenters. The molecule has 98 valence electrons. The van der Waals surface area contributed by atoms with E-state index in [0.717, 1.165) is 0 Å². The number of nitrogens with two attached hydrogens (primary N) is 3. The first kappa shape index (κ1) is 13.8. The van der Waals surface area contributed by atoms with Crippen molar-refractivity contribution >= 4 is 11.8 Å². The first-order chi connectivity index (χ1) is 8.43. The van der Waals surface area contributed by atoms with Crippen molar-refractivity contribution in [3.05, 3.63) is 23.8 Å². The second-order valence-electron chi connectivity index (χ2n) is 3.58. The van der Waals surface area contributed by atoms with Crippen molar-refractivity contribution in [1.82, 2.24) is 0 Å². The van der Waals surface area contributed by atoms with Gasteiger partial charge in [-0.05, 0) is 12.1 Å². The molecule has 0 fully saturated rings. The zero-order valence-corrected chi connectivity index (χ0v) is 9.88. The van der Waals surface area contributed by atoms with Crippen molar-refractivity contribution in [3.63, 3.8) is 0 Å². The van der Waals surface area contributed by atoms with Gasteiger partial charge in [0.15, 0.2) is 0 Å². The third kappa shape index (κ3) is 3.63. The first-order valence-corrected chi connectivity index (χ1v) is 5.10. The van der Waals surface area contributed by atoms with Gasteiger partial charge in [-0.3, -0.25) is 9.59 Å². The molecule has 0 aromatic heterocycles. The van der Waals surface area contributed by atoms with Crippen LogP contribution < -0.4 is 26.7 Å². The van der Waals surface area contributed by atoms with Crippen LogP contribution in [0.5, 0.6) is 11.5 Å². The Morgan fingerprint density at radius 1 is 1.22 bits per heavy atom. The predicted molar refractivity (Wildman–Crippen MR) is 64.2 cm³/mol. The van der Waals surface area contributed by atoms with E-state index in [4.69, 9.17) is 26.7 Å². The van der Waals surface area contributed by atoms with Crippen LogP contribution in [0.4, 0.5) is 0 Å². The summed E-state index contributed by atoms with van der Waals surface area (Å²) in [4.78, 5) is 21.8. The molecule has 1 aromatic carbocycles. The molecular weight excluding hydrogens is 238 g/mol. The molecule has 0 aliphatic heterocycles. The minimum absolute atomic E-state index is 0.0965. The number of ether oxygens (including phenoxy) is 2. The number of hydrogen-bond donors (Lipinski definition) is 3. The van der Waals surface area contributed by atoms with Gasteiger partial charge in [0.2, 0.25) is 11.8 Å². The summed E-state index contributed by atoms with van der Waals surface area (Å²) in [6.07, 6.45) is 0. The summed E-state index contributed by atoms with van der Waals surface area (Å²) < 4.78 is 10.2. The van der Waals surface area contributed by atoms with Gasteiger partial charge < -0.3 is 26.7 Å². The van der Waals surface area contributed by atoms with Crippen molar-refractivity contribution in [1.29, 1.82) is 0 Å². The standard InChI is InChI=1S/C11H15N3O4/c1-17-7-2-6(10(13)15)3-8(4-7)18-5-9(12)11(14)16/h2-4,9H,5,12H2,1H3,(H2,13,15)(H2,14,16). The number of hydrogen-bond acceptors (Lipinski definition) is 5. The Labute approximate surface area is 104 Å². The summed E-state index contributed by atoms with van der Waals surface area (Å²) >= 11 is 0. The average Bonchev–Trinajstić information content (AvgIpc) is 2.35. The zero-order chi connectivity index (χ0) is 13.7. The van der Waals surface area contributed by atoms with Crippen LogP contribution in [0.15, 0.2) is 18.2 Å². The fourth-order valence-electron chi connectivity index (χ4n) is 1.18. The molecule has 0 spiro atoms. The number of primary amides is 2. The van der Waals surface area contributed by atoms with E-state index in [2.05, 4.69) is 0 Å². The third-order valence-corrected chi connectivity index (χ3v) is 2.20. The van der Waals surface area contributed by atoms with E-state index in [1.165, 1.54) is 19.2 Å². The maximum Gasteiger partial charge on any atom is 0.248 e. The van der Waals surface area contributed by atoms with Crippen LogP contribution in [-0.4, -0.2) is 31.6 Å². The molecule has 18 heavy (non-hydrogen) atoms. The van der Waals surface area contributed by atoms with Gasteiger partial charge in [-0.25, -0.2) is 0 Å². The van der Waals surface area contributed by atoms with Crippen molar-refractivity contribution in [2.75, 3.05) is 13.7 Å². The quantitative estimate of drug-likeness (QED) is 0.597. The second kappa shape index (κ2) is 5.87. The van der Waals surface area contributed by atoms with E-state index in [1.807, 2.05) is 0 Å². The minimum atomic E-state index is -0.923. The lowest BCUT2D eigenvalue weighted by Crippen LogP contribution is -2.41. The molecule has 7 nitrogen and oxygen atoms in total. The Balaban J connectivity index is 2.85. The van der Waals surface area contributed by atoms with Gasteiger partial charge in [0, 0.05) is 11.6 Å². The Kier molecular flexibility index (Phi) is 4.50. The van der Waals surface area contributed by atoms with E-state index in [1.54, 1.807) is 6.07 Å². The lowest BCUT2D eigenvalue weighted by molar-refractivity contribution is -0.119. The van der Waals surface area contributed by atoms with Crippen LogP contribution in [0.2, 0.25) is 0 Å². The Bertz CT molecular complexity index is 462. The normalized spacial score (nSPS) is 11.7. The number of carbonyl (C=O) groups is 2. The Morgan fingerprint density at radius 2 is 1.83 bits per heavy atom. The van der Waals surface area contributed by atoms with Gasteiger partial charge in [-0.15, -0.1) is 0 Å². The maximum atomic E-state index is 11.1. The van der Waals surface area contributed by atoms with Gasteiger partial charge in [-0.2, -0.15) is 0 Å². The average molecular weight is 253 g/mol. The smallest absolute Gasteiger partial charge is 0.248 e. The summed E-state index contributed by atoms with van der Waals surface area (Å²) in [6, 6.07) is 3.52. The molecule has 0 bridgehead atoms. The van der Waals surface area contributed by atoms with Crippen LogP contribution in [0.1, 0.15) is 10.4 Å². The molecule has 0 heterocycles. The highest BCUT2D eigenvalue weighted by molar-refractivity contribution is 5.93. The molecule has 1 rings (SSSR count). The monoisotopic (exact) mass is 253 g/mol. The van der Waals surface area contributed by atoms with Gasteiger partial charge in [0.05, 0.1) is 7.11 Å². The molecule has 0 saturated carbocycles. The number of amides is 2. The molecule has 0 aliphatic carbocycles. The van der Waals surface area contributed by atoms with Crippen LogP contribution in [0.25, 0.3) is 0 Å². The lowest BCUT2D eigenvalue weighted by Gasteiger charge is -2.12. The van der Waals surface area contributed by atoms with Crippen molar-refractivity contribution in [2.24, 2.45) is 17.2 Å². The molecular formula is C11H15N3O4. The number of methoxy groups -OCH3 is 1. The first-order valence-electron chi connectivity index (χ1n) is 5.10. The second-order valence-corrected chi connectivity index (χ2v) is 3.58. The van der Waals surface area contributed by atoms with E-state index in [-0.39, 0.29) is 12.2 Å². The van der Waals surface area contributed by atoms with E-state index in [9.17, 15) is 9.59 Å². The minimum Gasteiger partial charge on any atom is -0.497 e. The van der Waals surface area contributed by atoms with E-state index < -0.39 is 17.9 Å². The fraction of sp³-hybridized carbons (Fsp3) is 0.273. The van der Waals surface area contributed by atoms with Gasteiger partial charge >= 0.3 is 0 Å². The molecule has 0 radical (unpaired) electrons. The summed E-state index contributed by atoms with van der Waals surface area (Å²) in [5.74, 6) is -0.556. The van der Waals surface area contributed by atoms with Crippen LogP contribution in [0.3, 0.4) is 0 Å². The summed E-state index contributed by atoms with van der Waals surface area (Å²) in [6.45, 7) is -0.0965. The van der Waals surface area contributed by atoms with Crippen molar-refractivity contribution < 1.29 is 19.1 Å². The van der Waals surface area contributed by atoms with Crippen LogP contribution in [0, 0.1) is 0 Å². The molecule has 7 heteroatoms. The summed E-state index contributed by atoms with van der Waals surface area (Å²) in [7, 11) is 1.44. The highest BCUT2D eigenvalue weighted by atomic mass is 16.5. The van der Waals surface area contributed by atoms with Crippen molar-refractivity contribution in [2.45, 2.75) is 6.04 Å². The van der Waals surface area contributed by atoms with Crippen LogP contribution in [-0.2, 0) is 4.79 Å². The number of carbonyl (C=O) groups excluding carboxylic acids is 2. The highest BCUT2D eigenvalue weighted by Crippen LogP contribution is 2.22. The zero-order valence-electron chi connectivity index (χ0n) is 9.88. The fourth-order valence-corrected chi connectivity index (χ4v) is 1.18. The Morgan fingerprint density at radius 3 is 2.33 bits per heavy atom. The summed E-state index contributed by atoms with van der Waals surface area (Å²) in [5, 5.41) is 0. The van der Waals surface area contributed by atoms with Gasteiger partial charge in [-0.1, -0.05) is 0 Å². The molecule has 0 aliphatic rings. The number of rotatable bonds is 6. The van der Waals surface area contributed by atoms with Gasteiger partial charge in [0.25, 0.3) is 0 Å². The SMILES string of the molecule is COc1cc(OCC(N)C(N)=O)cc(C(N)=O)c1. The van der Waals surface area contributed by atoms with Crippen molar-refractivity contribution in [3.8, 4) is 11.5 Å². The molecule has 2 amide bonds. The predicted octanol–water partition coefficient (Wildman–Crippen LogP) is -1.01. The number of benzene rings is 1. The third-order valence-electron chi connectivity index (χ3n) is 2.20. The van der Waals surface area contributed by atoms with Gasteiger partial charge in [0.1, 0.15) is 24.1 Å². The summed E-state index contributed by atoms with van der Waals surface area (Å²) in [5.41, 5.74) is 15.8. The molecule has 1 atom stereocenters. The topological polar surface area (TPSA) is 131 Å². The van der Waals surface area contributed by atoms with Crippen LogP contribution >= 0.6 is 0 Å². The van der Waals surface area contributed by atoms with E-state index >= 15 is 0 Å². The van der Waals surface area contributed by atoms with E-state index in [0.29, 0.717) is 11.5 Å². The molecule has 0 saturated heterocycles. The Hall–Kier alpha value is -2.28. The lowest BCUT2D eigenvalue weighted by atomic mass is 10.2.